The summed E-state index contributed by atoms with van der Waals surface area (Å²) in [5, 5.41) is 0. The van der Waals surface area contributed by atoms with E-state index in [4.69, 9.17) is 0 Å². The van der Waals surface area contributed by atoms with E-state index in [2.05, 4.69) is 26.9 Å². The Morgan fingerprint density at radius 2 is 1.20 bits per heavy atom. The van der Waals surface area contributed by atoms with Crippen LogP contribution in [-0.4, -0.2) is 49.9 Å². The first-order chi connectivity index (χ1) is 7.12. The molecule has 92 valence electrons. The standard InChI is InChI=1S/C12H28SiTe2/c1-5-7-9-14-11-13(3,4)12-15-10-8-6-2/h5-12H2,1-4H3. The summed E-state index contributed by atoms with van der Waals surface area (Å²) in [7, 11) is -0.688. The molecule has 0 saturated heterocycles. The van der Waals surface area contributed by atoms with Crippen molar-refractivity contribution in [3.05, 3.63) is 0 Å². The third-order valence-corrected chi connectivity index (χ3v) is 24.4. The molecule has 0 nitrogen and oxygen atoms in total. The van der Waals surface area contributed by atoms with Gasteiger partial charge in [-0.1, -0.05) is 0 Å². The zero-order valence-corrected chi connectivity index (χ0v) is 16.6. The molecule has 0 atom stereocenters. The van der Waals surface area contributed by atoms with Crippen molar-refractivity contribution in [2.24, 2.45) is 0 Å². The van der Waals surface area contributed by atoms with Gasteiger partial charge < -0.3 is 0 Å². The van der Waals surface area contributed by atoms with Crippen molar-refractivity contribution in [1.82, 2.24) is 0 Å². The van der Waals surface area contributed by atoms with Crippen LogP contribution in [-0.2, 0) is 0 Å². The first-order valence-corrected chi connectivity index (χ1v) is 16.3. The predicted molar refractivity (Wildman–Crippen MR) is 78.0 cm³/mol. The molecule has 0 spiro atoms. The molecule has 0 aliphatic rings. The van der Waals surface area contributed by atoms with Crippen molar-refractivity contribution in [3.63, 3.8) is 0 Å². The van der Waals surface area contributed by atoms with E-state index in [9.17, 15) is 0 Å². The zero-order valence-electron chi connectivity index (χ0n) is 11.0. The van der Waals surface area contributed by atoms with Gasteiger partial charge >= 0.3 is 120 Å². The first kappa shape index (κ1) is 16.8. The van der Waals surface area contributed by atoms with Crippen molar-refractivity contribution in [1.29, 1.82) is 0 Å². The molecule has 0 radical (unpaired) electrons. The first-order valence-electron chi connectivity index (χ1n) is 6.28. The minimum absolute atomic E-state index is 0.415. The molecule has 15 heavy (non-hydrogen) atoms. The Morgan fingerprint density at radius 1 is 0.800 bits per heavy atom. The van der Waals surface area contributed by atoms with Crippen LogP contribution >= 0.6 is 0 Å². The average Bonchev–Trinajstić information content (AvgIpc) is 2.20. The van der Waals surface area contributed by atoms with Gasteiger partial charge in [0, 0.05) is 0 Å². The Bertz CT molecular complexity index is 124. The van der Waals surface area contributed by atoms with Crippen LogP contribution in [0.3, 0.4) is 0 Å². The number of hydrogen-bond acceptors (Lipinski definition) is 0. The van der Waals surface area contributed by atoms with Crippen molar-refractivity contribution in [3.8, 4) is 0 Å². The molecule has 0 aromatic rings. The zero-order chi connectivity index (χ0) is 11.6. The second-order valence-corrected chi connectivity index (χ2v) is 19.5. The van der Waals surface area contributed by atoms with E-state index in [-0.39, 0.29) is 0 Å². The third-order valence-electron chi connectivity index (χ3n) is 2.27. The summed E-state index contributed by atoms with van der Waals surface area (Å²) in [5.74, 6) is 0. The summed E-state index contributed by atoms with van der Waals surface area (Å²) in [6.07, 6.45) is 5.85. The summed E-state index contributed by atoms with van der Waals surface area (Å²) in [5.41, 5.74) is 0. The Balaban J connectivity index is 3.40. The van der Waals surface area contributed by atoms with Crippen LogP contribution in [0.1, 0.15) is 39.5 Å². The second-order valence-electron chi connectivity index (χ2n) is 4.98. The normalized spacial score (nSPS) is 12.0. The summed E-state index contributed by atoms with van der Waals surface area (Å²) in [6, 6.07) is 0. The molecule has 0 saturated carbocycles. The summed E-state index contributed by atoms with van der Waals surface area (Å²) < 4.78 is 6.70. The van der Waals surface area contributed by atoms with Crippen molar-refractivity contribution in [2.45, 2.75) is 69.7 Å². The van der Waals surface area contributed by atoms with E-state index < -0.39 is 8.07 Å². The van der Waals surface area contributed by atoms with Crippen LogP contribution in [0.4, 0.5) is 0 Å². The predicted octanol–water partition coefficient (Wildman–Crippen LogP) is 4.46. The van der Waals surface area contributed by atoms with Crippen LogP contribution in [0, 0.1) is 0 Å². The molecule has 0 amide bonds. The van der Waals surface area contributed by atoms with Crippen LogP contribution in [0.15, 0.2) is 0 Å². The second kappa shape index (κ2) is 10.9. The molecule has 0 fully saturated rings. The van der Waals surface area contributed by atoms with Gasteiger partial charge in [0.2, 0.25) is 0 Å². The summed E-state index contributed by atoms with van der Waals surface area (Å²) >= 11 is 0.830. The van der Waals surface area contributed by atoms with Gasteiger partial charge in [-0.15, -0.1) is 0 Å². The number of hydrogen-bond donors (Lipinski definition) is 0. The topological polar surface area (TPSA) is 0 Å². The number of rotatable bonds is 10. The summed E-state index contributed by atoms with van der Waals surface area (Å²) in [6.45, 7) is 9.96. The number of unbranched alkanes of at least 4 members (excludes halogenated alkanes) is 2. The van der Waals surface area contributed by atoms with E-state index in [1.165, 1.54) is 25.7 Å². The van der Waals surface area contributed by atoms with Gasteiger partial charge in [0.05, 0.1) is 0 Å². The maximum absolute atomic E-state index is 2.65. The molecule has 0 unspecified atom stereocenters. The molecule has 0 aliphatic carbocycles. The van der Waals surface area contributed by atoms with Gasteiger partial charge in [-0.25, -0.2) is 0 Å². The fraction of sp³-hybridized carbons (Fsp3) is 1.00. The van der Waals surface area contributed by atoms with Gasteiger partial charge in [-0.2, -0.15) is 0 Å². The Morgan fingerprint density at radius 3 is 1.53 bits per heavy atom. The van der Waals surface area contributed by atoms with E-state index in [0.717, 1.165) is 0 Å². The fourth-order valence-electron chi connectivity index (χ4n) is 1.23. The van der Waals surface area contributed by atoms with E-state index >= 15 is 0 Å². The molecular weight excluding hydrogens is 427 g/mol. The molecule has 3 heteroatoms. The monoisotopic (exact) mass is 460 g/mol. The van der Waals surface area contributed by atoms with Gasteiger partial charge in [-0.05, 0) is 0 Å². The Kier molecular flexibility index (Phi) is 12.2. The Hall–Kier alpha value is 1.80. The quantitative estimate of drug-likeness (QED) is 0.337. The average molecular weight is 456 g/mol. The molecule has 0 N–H and O–H groups in total. The van der Waals surface area contributed by atoms with Gasteiger partial charge in [0.25, 0.3) is 0 Å². The molecule has 0 aromatic heterocycles. The summed E-state index contributed by atoms with van der Waals surface area (Å²) in [4.78, 5) is 0. The van der Waals surface area contributed by atoms with Gasteiger partial charge in [0.15, 0.2) is 0 Å². The van der Waals surface area contributed by atoms with Crippen molar-refractivity contribution in [2.75, 3.05) is 0 Å². The van der Waals surface area contributed by atoms with Gasteiger partial charge in [0.1, 0.15) is 0 Å². The molecule has 0 rings (SSSR count). The molecular formula is C12H28SiTe2. The van der Waals surface area contributed by atoms with Crippen LogP contribution < -0.4 is 0 Å². The maximum atomic E-state index is 2.65. The fourth-order valence-corrected chi connectivity index (χ4v) is 23.0. The molecule has 0 bridgehead atoms. The van der Waals surface area contributed by atoms with E-state index in [1.54, 1.807) is 17.1 Å². The van der Waals surface area contributed by atoms with Crippen molar-refractivity contribution < 1.29 is 0 Å². The molecule has 0 aromatic carbocycles. The van der Waals surface area contributed by atoms with Gasteiger partial charge in [-0.3, -0.25) is 0 Å². The van der Waals surface area contributed by atoms with Crippen LogP contribution in [0.5, 0.6) is 0 Å². The molecule has 0 heterocycles. The Labute approximate surface area is 119 Å². The van der Waals surface area contributed by atoms with E-state index in [1.807, 2.05) is 0 Å². The van der Waals surface area contributed by atoms with Crippen LogP contribution in [0.25, 0.3) is 0 Å². The molecule has 0 aliphatic heterocycles. The SMILES string of the molecule is CCCC[Te]C[Si](C)(C)C[Te]CCCC. The van der Waals surface area contributed by atoms with Crippen LogP contribution in [0.2, 0.25) is 30.2 Å². The third kappa shape index (κ3) is 12.0. The minimum atomic E-state index is -0.688. The van der Waals surface area contributed by atoms with Crippen molar-refractivity contribution >= 4 is 49.9 Å². The van der Waals surface area contributed by atoms with E-state index in [0.29, 0.717) is 41.8 Å².